The summed E-state index contributed by atoms with van der Waals surface area (Å²) in [6.07, 6.45) is 2.06. The molecule has 1 heterocycles. The Morgan fingerprint density at radius 1 is 1.05 bits per heavy atom. The number of hydrogen-bond acceptors (Lipinski definition) is 3. The van der Waals surface area contributed by atoms with Gasteiger partial charge in [0.1, 0.15) is 11.5 Å². The monoisotopic (exact) mass is 282 g/mol. The largest absolute Gasteiger partial charge is 0.497 e. The van der Waals surface area contributed by atoms with E-state index in [4.69, 9.17) is 15.2 Å². The van der Waals surface area contributed by atoms with Crippen LogP contribution in [-0.2, 0) is 6.54 Å². The van der Waals surface area contributed by atoms with E-state index in [0.29, 0.717) is 5.69 Å². The van der Waals surface area contributed by atoms with E-state index < -0.39 is 0 Å². The smallest absolute Gasteiger partial charge is 0.128 e. The van der Waals surface area contributed by atoms with Crippen molar-refractivity contribution in [1.29, 1.82) is 0 Å². The standard InChI is InChI=1S/C17H18N2O2/c1-20-14-9-12(8-13(18)10-14)11-19-7-6-15-16(19)4-3-5-17(15)21-2/h3-10H,11,18H2,1-2H3. The fourth-order valence-electron chi connectivity index (χ4n) is 2.60. The highest BCUT2D eigenvalue weighted by atomic mass is 16.5. The number of nitrogens with two attached hydrogens (primary N) is 1. The number of nitrogen functional groups attached to an aromatic ring is 1. The molecule has 4 nitrogen and oxygen atoms in total. The van der Waals surface area contributed by atoms with Gasteiger partial charge >= 0.3 is 0 Å². The summed E-state index contributed by atoms with van der Waals surface area (Å²) in [6.45, 7) is 0.734. The summed E-state index contributed by atoms with van der Waals surface area (Å²) in [4.78, 5) is 0. The molecule has 0 saturated carbocycles. The number of hydrogen-bond donors (Lipinski definition) is 1. The van der Waals surface area contributed by atoms with Gasteiger partial charge in [-0.15, -0.1) is 0 Å². The average molecular weight is 282 g/mol. The van der Waals surface area contributed by atoms with Crippen LogP contribution in [-0.4, -0.2) is 18.8 Å². The molecule has 0 amide bonds. The predicted octanol–water partition coefficient (Wildman–Crippen LogP) is 3.29. The Hall–Kier alpha value is -2.62. The first-order chi connectivity index (χ1) is 10.2. The quantitative estimate of drug-likeness (QED) is 0.747. The first-order valence-corrected chi connectivity index (χ1v) is 6.76. The van der Waals surface area contributed by atoms with Gasteiger partial charge in [-0.1, -0.05) is 6.07 Å². The molecule has 1 aromatic heterocycles. The van der Waals surface area contributed by atoms with Gasteiger partial charge in [0.2, 0.25) is 0 Å². The Morgan fingerprint density at radius 2 is 1.90 bits per heavy atom. The van der Waals surface area contributed by atoms with Crippen LogP contribution in [0.25, 0.3) is 10.9 Å². The molecule has 0 unspecified atom stereocenters. The third-order valence-electron chi connectivity index (χ3n) is 3.57. The van der Waals surface area contributed by atoms with E-state index in [9.17, 15) is 0 Å². The molecule has 3 aromatic rings. The first kappa shape index (κ1) is 13.4. The molecule has 0 bridgehead atoms. The number of rotatable bonds is 4. The first-order valence-electron chi connectivity index (χ1n) is 6.76. The van der Waals surface area contributed by atoms with E-state index in [-0.39, 0.29) is 0 Å². The highest BCUT2D eigenvalue weighted by Gasteiger charge is 2.07. The Labute approximate surface area is 123 Å². The molecule has 21 heavy (non-hydrogen) atoms. The summed E-state index contributed by atoms with van der Waals surface area (Å²) in [5.74, 6) is 1.66. The van der Waals surface area contributed by atoms with Crippen LogP contribution in [0.5, 0.6) is 11.5 Å². The van der Waals surface area contributed by atoms with Crippen molar-refractivity contribution in [3.8, 4) is 11.5 Å². The lowest BCUT2D eigenvalue weighted by Crippen LogP contribution is -2.00. The molecule has 4 heteroatoms. The third kappa shape index (κ3) is 2.52. The molecule has 0 atom stereocenters. The number of ether oxygens (including phenoxy) is 2. The number of fused-ring (bicyclic) bond motifs is 1. The Kier molecular flexibility index (Phi) is 3.44. The highest BCUT2D eigenvalue weighted by molar-refractivity contribution is 5.86. The molecule has 108 valence electrons. The number of nitrogens with zero attached hydrogens (tertiary/aromatic N) is 1. The normalized spacial score (nSPS) is 10.8. The van der Waals surface area contributed by atoms with Crippen molar-refractivity contribution in [2.75, 3.05) is 20.0 Å². The summed E-state index contributed by atoms with van der Waals surface area (Å²) in [5, 5.41) is 1.11. The Morgan fingerprint density at radius 3 is 2.67 bits per heavy atom. The maximum atomic E-state index is 5.91. The molecular formula is C17H18N2O2. The second-order valence-electron chi connectivity index (χ2n) is 4.95. The van der Waals surface area contributed by atoms with Crippen LogP contribution in [0.2, 0.25) is 0 Å². The minimum atomic E-state index is 0.707. The van der Waals surface area contributed by atoms with Crippen molar-refractivity contribution in [3.05, 3.63) is 54.2 Å². The topological polar surface area (TPSA) is 49.4 Å². The summed E-state index contributed by atoms with van der Waals surface area (Å²) in [7, 11) is 3.34. The van der Waals surface area contributed by atoms with Crippen molar-refractivity contribution in [2.24, 2.45) is 0 Å². The van der Waals surface area contributed by atoms with Crippen molar-refractivity contribution in [1.82, 2.24) is 4.57 Å². The molecule has 0 radical (unpaired) electrons. The Bertz CT molecular complexity index is 778. The van der Waals surface area contributed by atoms with Crippen LogP contribution in [0.4, 0.5) is 5.69 Å². The van der Waals surface area contributed by atoms with E-state index in [2.05, 4.69) is 22.9 Å². The van der Waals surface area contributed by atoms with Crippen LogP contribution in [0.3, 0.4) is 0 Å². The van der Waals surface area contributed by atoms with Gasteiger partial charge in [-0.3, -0.25) is 0 Å². The van der Waals surface area contributed by atoms with Crippen molar-refractivity contribution in [2.45, 2.75) is 6.54 Å². The van der Waals surface area contributed by atoms with Crippen LogP contribution >= 0.6 is 0 Å². The zero-order chi connectivity index (χ0) is 14.8. The molecule has 0 aliphatic heterocycles. The Balaban J connectivity index is 2.00. The van der Waals surface area contributed by atoms with Gasteiger partial charge in [-0.2, -0.15) is 0 Å². The van der Waals surface area contributed by atoms with Crippen molar-refractivity contribution in [3.63, 3.8) is 0 Å². The lowest BCUT2D eigenvalue weighted by molar-refractivity contribution is 0.414. The second kappa shape index (κ2) is 5.40. The van der Waals surface area contributed by atoms with Gasteiger partial charge < -0.3 is 19.8 Å². The number of benzene rings is 2. The minimum absolute atomic E-state index is 0.707. The average Bonchev–Trinajstić information content (AvgIpc) is 2.89. The number of aromatic nitrogens is 1. The van der Waals surface area contributed by atoms with Crippen LogP contribution < -0.4 is 15.2 Å². The molecule has 0 saturated heterocycles. The van der Waals surface area contributed by atoms with Gasteiger partial charge in [0, 0.05) is 29.9 Å². The van der Waals surface area contributed by atoms with Gasteiger partial charge in [0.15, 0.2) is 0 Å². The van der Waals surface area contributed by atoms with Crippen molar-refractivity contribution < 1.29 is 9.47 Å². The summed E-state index contributed by atoms with van der Waals surface area (Å²) in [5.41, 5.74) is 8.86. The van der Waals surface area contributed by atoms with E-state index >= 15 is 0 Å². The molecule has 0 aliphatic carbocycles. The summed E-state index contributed by atoms with van der Waals surface area (Å²) >= 11 is 0. The van der Waals surface area contributed by atoms with Crippen LogP contribution in [0.15, 0.2) is 48.7 Å². The predicted molar refractivity (Wildman–Crippen MR) is 85.0 cm³/mol. The molecule has 2 aromatic carbocycles. The van der Waals surface area contributed by atoms with Crippen molar-refractivity contribution >= 4 is 16.6 Å². The van der Waals surface area contributed by atoms with Gasteiger partial charge in [0.05, 0.1) is 19.7 Å². The zero-order valence-corrected chi connectivity index (χ0v) is 12.2. The van der Waals surface area contributed by atoms with Gasteiger partial charge in [-0.05, 0) is 35.9 Å². The number of methoxy groups -OCH3 is 2. The van der Waals surface area contributed by atoms with E-state index in [0.717, 1.165) is 34.5 Å². The maximum Gasteiger partial charge on any atom is 0.128 e. The molecule has 0 fully saturated rings. The summed E-state index contributed by atoms with van der Waals surface area (Å²) < 4.78 is 12.8. The fraction of sp³-hybridized carbons (Fsp3) is 0.176. The lowest BCUT2D eigenvalue weighted by Gasteiger charge is -2.09. The molecular weight excluding hydrogens is 264 g/mol. The van der Waals surface area contributed by atoms with Crippen LogP contribution in [0.1, 0.15) is 5.56 Å². The lowest BCUT2D eigenvalue weighted by atomic mass is 10.2. The SMILES string of the molecule is COc1cc(N)cc(Cn2ccc3c(OC)cccc32)c1. The van der Waals surface area contributed by atoms with Gasteiger partial charge in [0.25, 0.3) is 0 Å². The van der Waals surface area contributed by atoms with Crippen LogP contribution in [0, 0.1) is 0 Å². The zero-order valence-electron chi connectivity index (χ0n) is 12.2. The second-order valence-corrected chi connectivity index (χ2v) is 4.95. The van der Waals surface area contributed by atoms with Gasteiger partial charge in [-0.25, -0.2) is 0 Å². The molecule has 0 spiro atoms. The molecule has 3 rings (SSSR count). The maximum absolute atomic E-state index is 5.91. The number of anilines is 1. The van der Waals surface area contributed by atoms with E-state index in [1.807, 2.05) is 30.3 Å². The van der Waals surface area contributed by atoms with E-state index in [1.165, 1.54) is 0 Å². The highest BCUT2D eigenvalue weighted by Crippen LogP contribution is 2.27. The fourth-order valence-corrected chi connectivity index (χ4v) is 2.60. The molecule has 2 N–H and O–H groups in total. The van der Waals surface area contributed by atoms with E-state index in [1.54, 1.807) is 14.2 Å². The summed E-state index contributed by atoms with van der Waals surface area (Å²) in [6, 6.07) is 13.9. The minimum Gasteiger partial charge on any atom is -0.497 e. The molecule has 0 aliphatic rings. The third-order valence-corrected chi connectivity index (χ3v) is 3.57.